The molecule has 0 spiro atoms. The van der Waals surface area contributed by atoms with Crippen LogP contribution in [0.1, 0.15) is 58.1 Å². The van der Waals surface area contributed by atoms with Crippen LogP contribution in [-0.4, -0.2) is 34.5 Å². The molecule has 21 heavy (non-hydrogen) atoms. The van der Waals surface area contributed by atoms with Crippen molar-refractivity contribution in [2.24, 2.45) is 5.92 Å². The fourth-order valence-electron chi connectivity index (χ4n) is 3.09. The van der Waals surface area contributed by atoms with Crippen molar-refractivity contribution in [2.75, 3.05) is 25.0 Å². The number of rotatable bonds is 7. The van der Waals surface area contributed by atoms with Crippen LogP contribution in [0.2, 0.25) is 0 Å². The Labute approximate surface area is 129 Å². The lowest BCUT2D eigenvalue weighted by molar-refractivity contribution is 0.268. The smallest absolute Gasteiger partial charge is 0.144 e. The maximum absolute atomic E-state index is 4.54. The summed E-state index contributed by atoms with van der Waals surface area (Å²) >= 11 is 0. The largest absolute Gasteiger partial charge is 0.369 e. The van der Waals surface area contributed by atoms with Crippen molar-refractivity contribution in [3.8, 4) is 0 Å². The lowest BCUT2D eigenvalue weighted by atomic mass is 9.96. The first kappa shape index (κ1) is 16.2. The molecule has 1 aliphatic heterocycles. The van der Waals surface area contributed by atoms with Crippen molar-refractivity contribution >= 4 is 5.82 Å². The Morgan fingerprint density at radius 1 is 1.14 bits per heavy atom. The van der Waals surface area contributed by atoms with Gasteiger partial charge < -0.3 is 5.32 Å². The van der Waals surface area contributed by atoms with Crippen LogP contribution in [0.15, 0.2) is 12.4 Å². The van der Waals surface area contributed by atoms with Gasteiger partial charge in [-0.15, -0.1) is 0 Å². The predicted octanol–water partition coefficient (Wildman–Crippen LogP) is 3.70. The van der Waals surface area contributed by atoms with E-state index in [0.717, 1.165) is 36.9 Å². The normalized spacial score (nSPS) is 20.2. The van der Waals surface area contributed by atoms with E-state index in [-0.39, 0.29) is 0 Å². The third-order valence-corrected chi connectivity index (χ3v) is 4.28. The quantitative estimate of drug-likeness (QED) is 0.831. The molecular weight excluding hydrogens is 260 g/mol. The number of hydrogen-bond donors (Lipinski definition) is 1. The van der Waals surface area contributed by atoms with E-state index >= 15 is 0 Å². The predicted molar refractivity (Wildman–Crippen MR) is 88.3 cm³/mol. The minimum Gasteiger partial charge on any atom is -0.369 e. The molecule has 0 saturated carbocycles. The molecule has 1 N–H and O–H groups in total. The van der Waals surface area contributed by atoms with E-state index in [2.05, 4.69) is 34.0 Å². The van der Waals surface area contributed by atoms with Gasteiger partial charge in [-0.25, -0.2) is 4.98 Å². The molecule has 0 amide bonds. The van der Waals surface area contributed by atoms with Gasteiger partial charge in [0.1, 0.15) is 5.82 Å². The average Bonchev–Trinajstić information content (AvgIpc) is 2.73. The molecule has 118 valence electrons. The highest BCUT2D eigenvalue weighted by Crippen LogP contribution is 2.22. The van der Waals surface area contributed by atoms with Crippen molar-refractivity contribution in [1.29, 1.82) is 0 Å². The number of hydrogen-bond acceptors (Lipinski definition) is 4. The molecule has 0 aromatic carbocycles. The van der Waals surface area contributed by atoms with Gasteiger partial charge >= 0.3 is 0 Å². The maximum atomic E-state index is 4.54. The van der Waals surface area contributed by atoms with Gasteiger partial charge in [-0.3, -0.25) is 9.88 Å². The van der Waals surface area contributed by atoms with Crippen molar-refractivity contribution in [3.63, 3.8) is 0 Å². The van der Waals surface area contributed by atoms with Crippen molar-refractivity contribution in [3.05, 3.63) is 18.1 Å². The minimum atomic E-state index is 0.888. The summed E-state index contributed by atoms with van der Waals surface area (Å²) in [5.41, 5.74) is 1.09. The molecule has 1 fully saturated rings. The fraction of sp³-hybridized carbons (Fsp3) is 0.765. The third-order valence-electron chi connectivity index (χ3n) is 4.28. The number of nitrogens with zero attached hydrogens (tertiary/aromatic N) is 3. The molecule has 1 aromatic heterocycles. The highest BCUT2D eigenvalue weighted by atomic mass is 15.1. The van der Waals surface area contributed by atoms with Gasteiger partial charge in [0.05, 0.1) is 18.1 Å². The topological polar surface area (TPSA) is 41.1 Å². The van der Waals surface area contributed by atoms with Crippen LogP contribution in [0.25, 0.3) is 0 Å². The Bertz CT molecular complexity index is 390. The van der Waals surface area contributed by atoms with Gasteiger partial charge in [0.2, 0.25) is 0 Å². The Hall–Kier alpha value is -1.16. The molecule has 2 rings (SSSR count). The van der Waals surface area contributed by atoms with E-state index in [4.69, 9.17) is 0 Å². The average molecular weight is 290 g/mol. The SMILES string of the molecule is CCCNc1cnc(CN2CCCC(CCC)CC2)cn1. The van der Waals surface area contributed by atoms with E-state index in [0.29, 0.717) is 0 Å². The molecule has 1 aromatic rings. The highest BCUT2D eigenvalue weighted by molar-refractivity contribution is 5.30. The van der Waals surface area contributed by atoms with E-state index in [1.54, 1.807) is 0 Å². The minimum absolute atomic E-state index is 0.888. The maximum Gasteiger partial charge on any atom is 0.144 e. The molecule has 1 unspecified atom stereocenters. The summed E-state index contributed by atoms with van der Waals surface area (Å²) in [4.78, 5) is 11.5. The number of nitrogens with one attached hydrogen (secondary N) is 1. The van der Waals surface area contributed by atoms with Crippen LogP contribution in [0.4, 0.5) is 5.82 Å². The molecule has 2 heterocycles. The second-order valence-corrected chi connectivity index (χ2v) is 6.18. The van der Waals surface area contributed by atoms with Gasteiger partial charge in [0.15, 0.2) is 0 Å². The number of anilines is 1. The van der Waals surface area contributed by atoms with Crippen LogP contribution in [0, 0.1) is 5.92 Å². The second-order valence-electron chi connectivity index (χ2n) is 6.18. The number of likely N-dealkylation sites (tertiary alicyclic amines) is 1. The van der Waals surface area contributed by atoms with E-state index in [1.807, 2.05) is 12.4 Å². The van der Waals surface area contributed by atoms with Gasteiger partial charge in [-0.05, 0) is 44.7 Å². The van der Waals surface area contributed by atoms with Gasteiger partial charge in [0.25, 0.3) is 0 Å². The molecule has 1 aliphatic rings. The Balaban J connectivity index is 1.81. The van der Waals surface area contributed by atoms with Gasteiger partial charge in [-0.1, -0.05) is 26.7 Å². The molecule has 0 radical (unpaired) electrons. The Morgan fingerprint density at radius 2 is 2.05 bits per heavy atom. The number of aromatic nitrogens is 2. The highest BCUT2D eigenvalue weighted by Gasteiger charge is 2.16. The molecule has 0 bridgehead atoms. The van der Waals surface area contributed by atoms with Crippen molar-refractivity contribution < 1.29 is 0 Å². The summed E-state index contributed by atoms with van der Waals surface area (Å²) in [6, 6.07) is 0. The zero-order valence-electron chi connectivity index (χ0n) is 13.6. The molecular formula is C17H30N4. The van der Waals surface area contributed by atoms with Crippen LogP contribution >= 0.6 is 0 Å². The summed E-state index contributed by atoms with van der Waals surface area (Å²) in [6.07, 6.45) is 11.7. The molecule has 4 nitrogen and oxygen atoms in total. The Morgan fingerprint density at radius 3 is 2.76 bits per heavy atom. The lowest BCUT2D eigenvalue weighted by Crippen LogP contribution is -2.25. The molecule has 0 aliphatic carbocycles. The monoisotopic (exact) mass is 290 g/mol. The molecule has 1 atom stereocenters. The van der Waals surface area contributed by atoms with Crippen LogP contribution in [-0.2, 0) is 6.54 Å². The van der Waals surface area contributed by atoms with Crippen molar-refractivity contribution in [1.82, 2.24) is 14.9 Å². The summed E-state index contributed by atoms with van der Waals surface area (Å²) in [5.74, 6) is 1.83. The molecule has 1 saturated heterocycles. The van der Waals surface area contributed by atoms with Gasteiger partial charge in [0, 0.05) is 13.1 Å². The standard InChI is InChI=1S/C17H30N4/c1-3-6-15-7-5-10-21(11-8-15)14-16-12-20-17(13-19-16)18-9-4-2/h12-13,15H,3-11,14H2,1-2H3,(H,18,20). The molecule has 4 heteroatoms. The van der Waals surface area contributed by atoms with E-state index < -0.39 is 0 Å². The summed E-state index contributed by atoms with van der Waals surface area (Å²) in [5, 5.41) is 3.27. The van der Waals surface area contributed by atoms with Crippen LogP contribution < -0.4 is 5.32 Å². The van der Waals surface area contributed by atoms with Crippen LogP contribution in [0.3, 0.4) is 0 Å². The summed E-state index contributed by atoms with van der Waals surface area (Å²) < 4.78 is 0. The first-order chi connectivity index (χ1) is 10.3. The van der Waals surface area contributed by atoms with Crippen LogP contribution in [0.5, 0.6) is 0 Å². The lowest BCUT2D eigenvalue weighted by Gasteiger charge is -2.19. The first-order valence-electron chi connectivity index (χ1n) is 8.59. The van der Waals surface area contributed by atoms with E-state index in [1.165, 1.54) is 45.2 Å². The third kappa shape index (κ3) is 5.62. The summed E-state index contributed by atoms with van der Waals surface area (Å²) in [7, 11) is 0. The Kier molecular flexibility index (Phi) is 6.93. The second kappa shape index (κ2) is 8.98. The van der Waals surface area contributed by atoms with Crippen molar-refractivity contribution in [2.45, 2.75) is 58.9 Å². The fourth-order valence-corrected chi connectivity index (χ4v) is 3.09. The van der Waals surface area contributed by atoms with Gasteiger partial charge in [-0.2, -0.15) is 0 Å². The summed E-state index contributed by atoms with van der Waals surface area (Å²) in [6.45, 7) is 8.77. The zero-order valence-corrected chi connectivity index (χ0v) is 13.6. The van der Waals surface area contributed by atoms with E-state index in [9.17, 15) is 0 Å². The first-order valence-corrected chi connectivity index (χ1v) is 8.59. The zero-order chi connectivity index (χ0) is 14.9.